The molecule has 0 saturated carbocycles. The molecule has 2 aromatic rings. The van der Waals surface area contributed by atoms with Gasteiger partial charge in [-0.3, -0.25) is 4.79 Å². The molecule has 168 valence electrons. The number of thioether (sulfide) groups is 1. The number of hydrogen-bond acceptors (Lipinski definition) is 9. The molecule has 0 bridgehead atoms. The van der Waals surface area contributed by atoms with Crippen molar-refractivity contribution in [2.24, 2.45) is 0 Å². The first-order valence-electron chi connectivity index (χ1n) is 10.2. The molecule has 2 aromatic heterocycles. The Labute approximate surface area is 194 Å². The average Bonchev–Trinajstić information content (AvgIpc) is 3.35. The van der Waals surface area contributed by atoms with Crippen LogP contribution in [0.15, 0.2) is 11.1 Å². The highest BCUT2D eigenvalue weighted by Gasteiger charge is 2.27. The van der Waals surface area contributed by atoms with Crippen molar-refractivity contribution in [1.82, 2.24) is 4.98 Å². The number of carbonyl (C=O) groups excluding carboxylic acids is 3. The maximum absolute atomic E-state index is 12.7. The van der Waals surface area contributed by atoms with E-state index in [1.807, 2.05) is 6.07 Å². The highest BCUT2D eigenvalue weighted by Crippen LogP contribution is 2.35. The summed E-state index contributed by atoms with van der Waals surface area (Å²) >= 11 is 2.14. The molecule has 1 aliphatic carbocycles. The third-order valence-electron chi connectivity index (χ3n) is 4.82. The molecule has 32 heavy (non-hydrogen) atoms. The van der Waals surface area contributed by atoms with Gasteiger partial charge in [0.2, 0.25) is 5.91 Å². The first-order chi connectivity index (χ1) is 15.4. The van der Waals surface area contributed by atoms with Gasteiger partial charge in [-0.15, -0.1) is 11.3 Å². The van der Waals surface area contributed by atoms with Gasteiger partial charge < -0.3 is 14.8 Å². The molecule has 0 fully saturated rings. The monoisotopic (exact) mass is 473 g/mol. The fourth-order valence-corrected chi connectivity index (χ4v) is 5.26. The van der Waals surface area contributed by atoms with E-state index >= 15 is 0 Å². The summed E-state index contributed by atoms with van der Waals surface area (Å²) in [6.45, 7) is 5.34. The number of carbonyl (C=O) groups is 3. The Morgan fingerprint density at radius 3 is 2.62 bits per heavy atom. The van der Waals surface area contributed by atoms with Crippen LogP contribution >= 0.6 is 23.1 Å². The molecule has 0 aromatic carbocycles. The summed E-state index contributed by atoms with van der Waals surface area (Å²) in [6.07, 6.45) is 2.80. The van der Waals surface area contributed by atoms with Gasteiger partial charge in [-0.1, -0.05) is 11.8 Å². The number of nitrogens with zero attached hydrogens (tertiary/aromatic N) is 2. The predicted octanol–water partition coefficient (Wildman–Crippen LogP) is 3.90. The lowest BCUT2D eigenvalue weighted by atomic mass is 10.1. The standard InChI is InChI=1S/C22H23N3O5S2/c1-4-29-21(27)17-12(3)18(22(28)30-5-2)32-20(17)25-16(26)11-31-19-14(10-23)9-13-7-6-8-15(13)24-19/h9H,4-8,11H2,1-3H3,(H,25,26). The molecule has 1 N–H and O–H groups in total. The summed E-state index contributed by atoms with van der Waals surface area (Å²) in [5.74, 6) is -1.57. The molecular weight excluding hydrogens is 450 g/mol. The number of aromatic nitrogens is 1. The lowest BCUT2D eigenvalue weighted by molar-refractivity contribution is -0.113. The third kappa shape index (κ3) is 5.11. The number of nitriles is 1. The van der Waals surface area contributed by atoms with Gasteiger partial charge in [0.1, 0.15) is 21.0 Å². The molecule has 0 unspecified atom stereocenters. The first kappa shape index (κ1) is 23.8. The molecule has 1 amide bonds. The number of fused-ring (bicyclic) bond motifs is 1. The van der Waals surface area contributed by atoms with E-state index in [-0.39, 0.29) is 40.3 Å². The van der Waals surface area contributed by atoms with Crippen molar-refractivity contribution < 1.29 is 23.9 Å². The Morgan fingerprint density at radius 1 is 1.22 bits per heavy atom. The van der Waals surface area contributed by atoms with Crippen LogP contribution in [0.1, 0.15) is 62.7 Å². The van der Waals surface area contributed by atoms with Gasteiger partial charge in [0.15, 0.2) is 0 Å². The van der Waals surface area contributed by atoms with Gasteiger partial charge in [-0.2, -0.15) is 5.26 Å². The maximum Gasteiger partial charge on any atom is 0.348 e. The molecule has 2 heterocycles. The molecule has 0 aliphatic heterocycles. The number of nitrogens with one attached hydrogen (secondary N) is 1. The van der Waals surface area contributed by atoms with E-state index in [2.05, 4.69) is 16.4 Å². The largest absolute Gasteiger partial charge is 0.462 e. The van der Waals surface area contributed by atoms with Crippen LogP contribution in [0.4, 0.5) is 5.00 Å². The number of esters is 2. The number of amides is 1. The second kappa shape index (κ2) is 10.6. The van der Waals surface area contributed by atoms with Gasteiger partial charge >= 0.3 is 11.9 Å². The minimum Gasteiger partial charge on any atom is -0.462 e. The van der Waals surface area contributed by atoms with Crippen LogP contribution in [0.2, 0.25) is 0 Å². The van der Waals surface area contributed by atoms with E-state index in [4.69, 9.17) is 9.47 Å². The molecule has 0 spiro atoms. The third-order valence-corrected chi connectivity index (χ3v) is 6.99. The van der Waals surface area contributed by atoms with Gasteiger partial charge in [-0.05, 0) is 57.2 Å². The minimum atomic E-state index is -0.619. The first-order valence-corrected chi connectivity index (χ1v) is 12.0. The molecule has 1 aliphatic rings. The van der Waals surface area contributed by atoms with Crippen LogP contribution in [-0.2, 0) is 27.1 Å². The summed E-state index contributed by atoms with van der Waals surface area (Å²) in [5.41, 5.74) is 3.07. The van der Waals surface area contributed by atoms with Crippen LogP contribution in [-0.4, -0.2) is 41.8 Å². The quantitative estimate of drug-likeness (QED) is 0.453. The molecule has 0 atom stereocenters. The second-order valence-corrected chi connectivity index (χ2v) is 8.94. The number of pyridine rings is 1. The number of hydrogen-bond donors (Lipinski definition) is 1. The zero-order chi connectivity index (χ0) is 23.3. The summed E-state index contributed by atoms with van der Waals surface area (Å²) in [6, 6.07) is 4.00. The van der Waals surface area contributed by atoms with E-state index in [0.717, 1.165) is 41.9 Å². The van der Waals surface area contributed by atoms with Crippen molar-refractivity contribution in [3.8, 4) is 6.07 Å². The Bertz CT molecular complexity index is 1100. The Hall–Kier alpha value is -2.90. The molecule has 3 rings (SSSR count). The number of thiophene rings is 1. The lowest BCUT2D eigenvalue weighted by Gasteiger charge is -2.08. The SMILES string of the molecule is CCOC(=O)c1sc(NC(=O)CSc2nc3c(cc2C#N)CCC3)c(C(=O)OCC)c1C. The van der Waals surface area contributed by atoms with E-state index in [1.54, 1.807) is 20.8 Å². The van der Waals surface area contributed by atoms with E-state index in [1.165, 1.54) is 11.8 Å². The number of ether oxygens (including phenoxy) is 2. The summed E-state index contributed by atoms with van der Waals surface area (Å²) in [4.78, 5) is 42.2. The highest BCUT2D eigenvalue weighted by atomic mass is 32.2. The molecule has 10 heteroatoms. The fourth-order valence-electron chi connectivity index (χ4n) is 3.38. The lowest BCUT2D eigenvalue weighted by Crippen LogP contribution is -2.16. The summed E-state index contributed by atoms with van der Waals surface area (Å²) in [5, 5.41) is 12.9. The Kier molecular flexibility index (Phi) is 7.88. The summed E-state index contributed by atoms with van der Waals surface area (Å²) < 4.78 is 10.2. The van der Waals surface area contributed by atoms with Crippen LogP contribution in [0.3, 0.4) is 0 Å². The number of anilines is 1. The van der Waals surface area contributed by atoms with Crippen molar-refractivity contribution >= 4 is 45.9 Å². The smallest absolute Gasteiger partial charge is 0.348 e. The molecule has 0 saturated heterocycles. The van der Waals surface area contributed by atoms with Gasteiger partial charge in [-0.25, -0.2) is 14.6 Å². The minimum absolute atomic E-state index is 0.00554. The van der Waals surface area contributed by atoms with Crippen molar-refractivity contribution in [2.45, 2.75) is 45.1 Å². The zero-order valence-corrected chi connectivity index (χ0v) is 19.7. The van der Waals surface area contributed by atoms with Crippen molar-refractivity contribution in [3.63, 3.8) is 0 Å². The van der Waals surface area contributed by atoms with Crippen molar-refractivity contribution in [3.05, 3.63) is 38.9 Å². The van der Waals surface area contributed by atoms with Gasteiger partial charge in [0.05, 0.1) is 30.1 Å². The molecule has 8 nitrogen and oxygen atoms in total. The van der Waals surface area contributed by atoms with E-state index < -0.39 is 11.9 Å². The van der Waals surface area contributed by atoms with E-state index in [0.29, 0.717) is 16.2 Å². The van der Waals surface area contributed by atoms with Crippen LogP contribution in [0, 0.1) is 18.3 Å². The van der Waals surface area contributed by atoms with Crippen LogP contribution < -0.4 is 5.32 Å². The normalized spacial score (nSPS) is 12.1. The summed E-state index contributed by atoms with van der Waals surface area (Å²) in [7, 11) is 0. The van der Waals surface area contributed by atoms with E-state index in [9.17, 15) is 19.6 Å². The van der Waals surface area contributed by atoms with Crippen molar-refractivity contribution in [1.29, 1.82) is 5.26 Å². The number of aryl methyl sites for hydroxylation is 2. The molecule has 0 radical (unpaired) electrons. The van der Waals surface area contributed by atoms with Crippen LogP contribution in [0.5, 0.6) is 0 Å². The van der Waals surface area contributed by atoms with Crippen molar-refractivity contribution in [2.75, 3.05) is 24.3 Å². The Balaban J connectivity index is 1.78. The highest BCUT2D eigenvalue weighted by molar-refractivity contribution is 8.00. The predicted molar refractivity (Wildman–Crippen MR) is 121 cm³/mol. The van der Waals surface area contributed by atoms with Gasteiger partial charge in [0.25, 0.3) is 0 Å². The Morgan fingerprint density at radius 2 is 1.94 bits per heavy atom. The fraction of sp³-hybridized carbons (Fsp3) is 0.409. The molecular formula is C22H23N3O5S2. The second-order valence-electron chi connectivity index (χ2n) is 6.95. The topological polar surface area (TPSA) is 118 Å². The number of rotatable bonds is 8. The van der Waals surface area contributed by atoms with Gasteiger partial charge in [0, 0.05) is 5.69 Å². The van der Waals surface area contributed by atoms with Crippen LogP contribution in [0.25, 0.3) is 0 Å². The average molecular weight is 474 g/mol. The zero-order valence-electron chi connectivity index (χ0n) is 18.1. The maximum atomic E-state index is 12.7.